The molecule has 1 amide bonds. The van der Waals surface area contributed by atoms with Gasteiger partial charge in [-0.05, 0) is 72.3 Å². The van der Waals surface area contributed by atoms with E-state index in [0.717, 1.165) is 17.1 Å². The van der Waals surface area contributed by atoms with Crippen LogP contribution in [-0.4, -0.2) is 31.6 Å². The summed E-state index contributed by atoms with van der Waals surface area (Å²) in [5.41, 5.74) is 5.41. The van der Waals surface area contributed by atoms with Crippen molar-refractivity contribution in [3.05, 3.63) is 88.3 Å². The minimum absolute atomic E-state index is 0.204. The van der Waals surface area contributed by atoms with Crippen LogP contribution < -0.4 is 10.7 Å². The summed E-state index contributed by atoms with van der Waals surface area (Å²) in [6, 6.07) is 18.1. The Labute approximate surface area is 218 Å². The first kappa shape index (κ1) is 25.7. The maximum absolute atomic E-state index is 12.6. The fraction of sp³-hybridized carbons (Fsp3) is 0.200. The normalized spacial score (nSPS) is 12.5. The molecule has 1 heterocycles. The fourth-order valence-electron chi connectivity index (χ4n) is 2.86. The van der Waals surface area contributed by atoms with Crippen LogP contribution in [0.2, 0.25) is 0 Å². The first-order valence-corrected chi connectivity index (χ1v) is 12.7. The number of carbonyl (C=O) groups is 1. The van der Waals surface area contributed by atoms with Gasteiger partial charge in [0.05, 0.1) is 17.5 Å². The summed E-state index contributed by atoms with van der Waals surface area (Å²) in [5.74, 6) is 0.567. The second-order valence-corrected chi connectivity index (χ2v) is 9.95. The lowest BCUT2D eigenvalue weighted by Gasteiger charge is -2.12. The van der Waals surface area contributed by atoms with Crippen LogP contribution in [0, 0.1) is 3.57 Å². The van der Waals surface area contributed by atoms with Crippen molar-refractivity contribution in [2.45, 2.75) is 37.3 Å². The summed E-state index contributed by atoms with van der Waals surface area (Å²) in [5, 5.41) is 16.4. The van der Waals surface area contributed by atoms with Crippen molar-refractivity contribution < 1.29 is 4.79 Å². The first-order chi connectivity index (χ1) is 16.5. The average molecular weight is 587 g/mol. The van der Waals surface area contributed by atoms with Gasteiger partial charge in [0, 0.05) is 15.8 Å². The van der Waals surface area contributed by atoms with Crippen molar-refractivity contribution in [1.82, 2.24) is 20.2 Å². The third kappa shape index (κ3) is 7.84. The number of nitrogens with zero attached hydrogens (tertiary/aromatic N) is 4. The van der Waals surface area contributed by atoms with E-state index in [2.05, 4.69) is 55.2 Å². The fourth-order valence-corrected chi connectivity index (χ4v) is 4.09. The summed E-state index contributed by atoms with van der Waals surface area (Å²) in [6.07, 6.45) is 5.60. The molecule has 0 saturated carbocycles. The molecular formula is C25H27IN6OS. The van der Waals surface area contributed by atoms with Gasteiger partial charge in [0.1, 0.15) is 0 Å². The smallest absolute Gasteiger partial charge is 0.253 e. The molecule has 2 N–H and O–H groups in total. The Hall–Kier alpha value is -2.92. The van der Waals surface area contributed by atoms with E-state index in [0.29, 0.717) is 24.0 Å². The Kier molecular flexibility index (Phi) is 9.89. The quantitative estimate of drug-likeness (QED) is 0.104. The van der Waals surface area contributed by atoms with Crippen LogP contribution >= 0.6 is 34.4 Å². The lowest BCUT2D eigenvalue weighted by atomic mass is 10.2. The molecule has 3 aromatic rings. The van der Waals surface area contributed by atoms with Crippen molar-refractivity contribution in [1.29, 1.82) is 0 Å². The number of benzene rings is 2. The van der Waals surface area contributed by atoms with Gasteiger partial charge >= 0.3 is 0 Å². The lowest BCUT2D eigenvalue weighted by molar-refractivity contribution is -0.120. The highest BCUT2D eigenvalue weighted by molar-refractivity contribution is 14.1. The molecular weight excluding hydrogens is 559 g/mol. The Morgan fingerprint density at radius 1 is 1.21 bits per heavy atom. The van der Waals surface area contributed by atoms with Crippen molar-refractivity contribution in [3.8, 4) is 0 Å². The van der Waals surface area contributed by atoms with Crippen molar-refractivity contribution in [2.24, 2.45) is 5.10 Å². The number of hydrogen-bond donors (Lipinski definition) is 2. The highest BCUT2D eigenvalue weighted by Gasteiger charge is 2.19. The molecule has 0 spiro atoms. The number of rotatable bonds is 11. The van der Waals surface area contributed by atoms with Crippen molar-refractivity contribution in [3.63, 3.8) is 0 Å². The summed E-state index contributed by atoms with van der Waals surface area (Å²) < 4.78 is 3.13. The van der Waals surface area contributed by atoms with Crippen molar-refractivity contribution >= 4 is 57.7 Å². The second kappa shape index (κ2) is 13.1. The van der Waals surface area contributed by atoms with E-state index in [1.54, 1.807) is 6.08 Å². The molecule has 0 aliphatic rings. The standard InChI is InChI=1S/C25H27IN6OS/c1-4-16-32-23(17-27-22-14-12-21(26)13-15-22)29-31-25(32)34-19(3)24(33)30-28-18(2)10-11-20-8-6-5-7-9-20/h4-15,19,27H,1,16-17H2,2-3H3,(H,30,33). The maximum Gasteiger partial charge on any atom is 0.253 e. The van der Waals surface area contributed by atoms with Gasteiger partial charge in [0.25, 0.3) is 5.91 Å². The lowest BCUT2D eigenvalue weighted by Crippen LogP contribution is -2.27. The number of hydrogen-bond acceptors (Lipinski definition) is 6. The van der Waals surface area contributed by atoms with E-state index in [4.69, 9.17) is 0 Å². The highest BCUT2D eigenvalue weighted by Crippen LogP contribution is 2.23. The Balaban J connectivity index is 1.58. The maximum atomic E-state index is 12.6. The highest BCUT2D eigenvalue weighted by atomic mass is 127. The number of halogens is 1. The number of nitrogens with one attached hydrogen (secondary N) is 2. The van der Waals surface area contributed by atoms with Gasteiger partial charge in [0.15, 0.2) is 11.0 Å². The molecule has 3 rings (SSSR count). The number of allylic oxidation sites excluding steroid dienone is 2. The predicted octanol–water partition coefficient (Wildman–Crippen LogP) is 5.37. The largest absolute Gasteiger partial charge is 0.378 e. The summed E-state index contributed by atoms with van der Waals surface area (Å²) in [7, 11) is 0. The molecule has 0 saturated heterocycles. The Bertz CT molecular complexity index is 1160. The molecule has 1 aromatic heterocycles. The monoisotopic (exact) mass is 586 g/mol. The molecule has 1 atom stereocenters. The van der Waals surface area contributed by atoms with E-state index < -0.39 is 5.25 Å². The van der Waals surface area contributed by atoms with E-state index in [-0.39, 0.29) is 5.91 Å². The topological polar surface area (TPSA) is 84.2 Å². The Morgan fingerprint density at radius 3 is 2.65 bits per heavy atom. The Morgan fingerprint density at radius 2 is 1.94 bits per heavy atom. The second-order valence-electron chi connectivity index (χ2n) is 7.39. The molecule has 0 aliphatic heterocycles. The molecule has 176 valence electrons. The number of carbonyl (C=O) groups excluding carboxylic acids is 1. The van der Waals surface area contributed by atoms with Crippen LogP contribution in [0.3, 0.4) is 0 Å². The van der Waals surface area contributed by atoms with Crippen LogP contribution in [0.4, 0.5) is 5.69 Å². The molecule has 0 radical (unpaired) electrons. The molecule has 7 nitrogen and oxygen atoms in total. The van der Waals surface area contributed by atoms with E-state index in [9.17, 15) is 4.79 Å². The zero-order chi connectivity index (χ0) is 24.3. The van der Waals surface area contributed by atoms with E-state index in [1.807, 2.05) is 85.2 Å². The van der Waals surface area contributed by atoms with E-state index in [1.165, 1.54) is 15.3 Å². The molecule has 0 bridgehead atoms. The van der Waals surface area contributed by atoms with Crippen LogP contribution in [0.5, 0.6) is 0 Å². The third-order valence-electron chi connectivity index (χ3n) is 4.71. The van der Waals surface area contributed by atoms with Crippen LogP contribution in [0.25, 0.3) is 6.08 Å². The average Bonchev–Trinajstić information content (AvgIpc) is 3.22. The van der Waals surface area contributed by atoms with Gasteiger partial charge in [-0.2, -0.15) is 5.10 Å². The molecule has 9 heteroatoms. The molecule has 34 heavy (non-hydrogen) atoms. The summed E-state index contributed by atoms with van der Waals surface area (Å²) >= 11 is 3.61. The minimum Gasteiger partial charge on any atom is -0.378 e. The zero-order valence-corrected chi connectivity index (χ0v) is 22.1. The van der Waals surface area contributed by atoms with Gasteiger partial charge < -0.3 is 9.88 Å². The number of hydrazone groups is 1. The molecule has 2 aromatic carbocycles. The van der Waals surface area contributed by atoms with Gasteiger partial charge in [0.2, 0.25) is 0 Å². The number of aromatic nitrogens is 3. The van der Waals surface area contributed by atoms with E-state index >= 15 is 0 Å². The van der Waals surface area contributed by atoms with Gasteiger partial charge in [-0.1, -0.05) is 54.2 Å². The SMILES string of the molecule is C=CCn1c(CNc2ccc(I)cc2)nnc1SC(C)C(=O)NN=C(C)C=Cc1ccccc1. The number of anilines is 1. The first-order valence-electron chi connectivity index (χ1n) is 10.7. The predicted molar refractivity (Wildman–Crippen MR) is 149 cm³/mol. The third-order valence-corrected chi connectivity index (χ3v) is 6.51. The van der Waals surface area contributed by atoms with Crippen LogP contribution in [0.1, 0.15) is 25.2 Å². The van der Waals surface area contributed by atoms with Gasteiger partial charge in [-0.15, -0.1) is 16.8 Å². The van der Waals surface area contributed by atoms with Gasteiger partial charge in [-0.3, -0.25) is 4.79 Å². The zero-order valence-electron chi connectivity index (χ0n) is 19.1. The van der Waals surface area contributed by atoms with Crippen LogP contribution in [-0.2, 0) is 17.9 Å². The summed E-state index contributed by atoms with van der Waals surface area (Å²) in [6.45, 7) is 8.56. The number of thioether (sulfide) groups is 1. The summed E-state index contributed by atoms with van der Waals surface area (Å²) in [4.78, 5) is 12.6. The minimum atomic E-state index is -0.403. The molecule has 0 fully saturated rings. The molecule has 0 aliphatic carbocycles. The van der Waals surface area contributed by atoms with Crippen molar-refractivity contribution in [2.75, 3.05) is 5.32 Å². The van der Waals surface area contributed by atoms with Crippen LogP contribution in [0.15, 0.2) is 83.6 Å². The molecule has 1 unspecified atom stereocenters. The van der Waals surface area contributed by atoms with Gasteiger partial charge in [-0.25, -0.2) is 5.43 Å². The number of amides is 1.